The average Bonchev–Trinajstić information content (AvgIpc) is 2.24. The monoisotopic (exact) mass is 213 g/mol. The van der Waals surface area contributed by atoms with E-state index >= 15 is 0 Å². The SMILES string of the molecule is CC1CCCC(CCNCC(N)=NO)C1. The van der Waals surface area contributed by atoms with Gasteiger partial charge in [0.15, 0.2) is 5.84 Å². The first-order valence-electron chi connectivity index (χ1n) is 5.89. The maximum absolute atomic E-state index is 8.34. The van der Waals surface area contributed by atoms with Gasteiger partial charge in [-0.15, -0.1) is 0 Å². The zero-order valence-corrected chi connectivity index (χ0v) is 9.58. The number of amidine groups is 1. The van der Waals surface area contributed by atoms with E-state index in [2.05, 4.69) is 17.4 Å². The molecular weight excluding hydrogens is 190 g/mol. The van der Waals surface area contributed by atoms with Crippen LogP contribution in [-0.2, 0) is 0 Å². The lowest BCUT2D eigenvalue weighted by Gasteiger charge is -2.26. The lowest BCUT2D eigenvalue weighted by Crippen LogP contribution is -2.30. The van der Waals surface area contributed by atoms with Gasteiger partial charge in [0.1, 0.15) is 0 Å². The molecule has 0 aromatic rings. The van der Waals surface area contributed by atoms with Gasteiger partial charge in [-0.3, -0.25) is 0 Å². The van der Waals surface area contributed by atoms with Crippen molar-refractivity contribution in [3.63, 3.8) is 0 Å². The van der Waals surface area contributed by atoms with E-state index in [4.69, 9.17) is 10.9 Å². The van der Waals surface area contributed by atoms with Gasteiger partial charge in [-0.25, -0.2) is 0 Å². The number of hydrogen-bond donors (Lipinski definition) is 3. The van der Waals surface area contributed by atoms with Crippen molar-refractivity contribution >= 4 is 5.84 Å². The Bertz CT molecular complexity index is 206. The third-order valence-corrected chi connectivity index (χ3v) is 3.21. The molecule has 1 rings (SSSR count). The molecule has 1 aliphatic carbocycles. The second-order valence-corrected chi connectivity index (χ2v) is 4.69. The first-order valence-corrected chi connectivity index (χ1v) is 5.89. The van der Waals surface area contributed by atoms with Gasteiger partial charge in [-0.1, -0.05) is 31.3 Å². The highest BCUT2D eigenvalue weighted by Crippen LogP contribution is 2.30. The fraction of sp³-hybridized carbons (Fsp3) is 0.909. The fourth-order valence-electron chi connectivity index (χ4n) is 2.38. The zero-order chi connectivity index (χ0) is 11.1. The van der Waals surface area contributed by atoms with Gasteiger partial charge in [0.2, 0.25) is 0 Å². The molecule has 0 radical (unpaired) electrons. The summed E-state index contributed by atoms with van der Waals surface area (Å²) < 4.78 is 0. The summed E-state index contributed by atoms with van der Waals surface area (Å²) >= 11 is 0. The highest BCUT2D eigenvalue weighted by atomic mass is 16.4. The van der Waals surface area contributed by atoms with Crippen LogP contribution in [-0.4, -0.2) is 24.1 Å². The van der Waals surface area contributed by atoms with Gasteiger partial charge in [0.25, 0.3) is 0 Å². The minimum Gasteiger partial charge on any atom is -0.409 e. The number of rotatable bonds is 5. The van der Waals surface area contributed by atoms with Gasteiger partial charge < -0.3 is 16.3 Å². The van der Waals surface area contributed by atoms with Crippen LogP contribution < -0.4 is 11.1 Å². The lowest BCUT2D eigenvalue weighted by molar-refractivity contribution is 0.268. The Labute approximate surface area is 91.9 Å². The molecule has 2 unspecified atom stereocenters. The third kappa shape index (κ3) is 5.02. The Morgan fingerprint density at radius 3 is 3.00 bits per heavy atom. The van der Waals surface area contributed by atoms with Crippen molar-refractivity contribution < 1.29 is 5.21 Å². The molecule has 0 aliphatic heterocycles. The number of oxime groups is 1. The first-order chi connectivity index (χ1) is 7.22. The fourth-order valence-corrected chi connectivity index (χ4v) is 2.38. The smallest absolute Gasteiger partial charge is 0.153 e. The van der Waals surface area contributed by atoms with E-state index in [1.54, 1.807) is 0 Å². The predicted octanol–water partition coefficient (Wildman–Crippen LogP) is 1.54. The molecule has 4 nitrogen and oxygen atoms in total. The van der Waals surface area contributed by atoms with E-state index < -0.39 is 0 Å². The molecule has 1 aliphatic rings. The van der Waals surface area contributed by atoms with Gasteiger partial charge in [0, 0.05) is 0 Å². The summed E-state index contributed by atoms with van der Waals surface area (Å²) in [6.07, 6.45) is 6.73. The van der Waals surface area contributed by atoms with Gasteiger partial charge in [0.05, 0.1) is 6.54 Å². The van der Waals surface area contributed by atoms with Gasteiger partial charge in [-0.05, 0) is 31.2 Å². The van der Waals surface area contributed by atoms with Crippen molar-refractivity contribution in [1.82, 2.24) is 5.32 Å². The van der Waals surface area contributed by atoms with Crippen LogP contribution in [0.15, 0.2) is 5.16 Å². The van der Waals surface area contributed by atoms with Crippen molar-refractivity contribution in [2.24, 2.45) is 22.7 Å². The van der Waals surface area contributed by atoms with Crippen molar-refractivity contribution in [3.8, 4) is 0 Å². The summed E-state index contributed by atoms with van der Waals surface area (Å²) in [7, 11) is 0. The summed E-state index contributed by atoms with van der Waals surface area (Å²) in [5.74, 6) is 2.02. The van der Waals surface area contributed by atoms with Crippen molar-refractivity contribution in [2.45, 2.75) is 39.0 Å². The lowest BCUT2D eigenvalue weighted by atomic mass is 9.81. The van der Waals surface area contributed by atoms with Crippen molar-refractivity contribution in [1.29, 1.82) is 0 Å². The Balaban J connectivity index is 2.04. The van der Waals surface area contributed by atoms with E-state index in [-0.39, 0.29) is 5.84 Å². The van der Waals surface area contributed by atoms with Crippen LogP contribution in [0.1, 0.15) is 39.0 Å². The van der Waals surface area contributed by atoms with Crippen LogP contribution in [0.4, 0.5) is 0 Å². The Kier molecular flexibility index (Phi) is 5.47. The predicted molar refractivity (Wildman–Crippen MR) is 62.0 cm³/mol. The van der Waals surface area contributed by atoms with Gasteiger partial charge >= 0.3 is 0 Å². The molecule has 4 N–H and O–H groups in total. The number of nitrogens with zero attached hydrogens (tertiary/aromatic N) is 1. The van der Waals surface area contributed by atoms with E-state index in [1.165, 1.54) is 32.1 Å². The molecule has 0 bridgehead atoms. The van der Waals surface area contributed by atoms with Gasteiger partial charge in [-0.2, -0.15) is 0 Å². The van der Waals surface area contributed by atoms with E-state index in [9.17, 15) is 0 Å². The van der Waals surface area contributed by atoms with Crippen LogP contribution in [0.5, 0.6) is 0 Å². The van der Waals surface area contributed by atoms with E-state index in [1.807, 2.05) is 0 Å². The molecule has 0 saturated heterocycles. The topological polar surface area (TPSA) is 70.6 Å². The van der Waals surface area contributed by atoms with Crippen molar-refractivity contribution in [3.05, 3.63) is 0 Å². The highest BCUT2D eigenvalue weighted by molar-refractivity contribution is 5.81. The van der Waals surface area contributed by atoms with Crippen molar-refractivity contribution in [2.75, 3.05) is 13.1 Å². The second-order valence-electron chi connectivity index (χ2n) is 4.69. The molecule has 2 atom stereocenters. The van der Waals surface area contributed by atoms with Crippen LogP contribution in [0.2, 0.25) is 0 Å². The molecule has 1 fully saturated rings. The molecule has 4 heteroatoms. The maximum atomic E-state index is 8.34. The quantitative estimate of drug-likeness (QED) is 0.213. The molecular formula is C11H23N3O. The van der Waals surface area contributed by atoms with Crippen LogP contribution in [0, 0.1) is 11.8 Å². The first kappa shape index (κ1) is 12.3. The molecule has 88 valence electrons. The largest absolute Gasteiger partial charge is 0.409 e. The number of nitrogens with one attached hydrogen (secondary N) is 1. The molecule has 0 amide bonds. The number of hydrogen-bond acceptors (Lipinski definition) is 3. The minimum atomic E-state index is 0.256. The zero-order valence-electron chi connectivity index (χ0n) is 9.58. The summed E-state index contributed by atoms with van der Waals surface area (Å²) in [5.41, 5.74) is 5.35. The van der Waals surface area contributed by atoms with E-state index in [0.29, 0.717) is 6.54 Å². The maximum Gasteiger partial charge on any atom is 0.153 e. The molecule has 0 aromatic heterocycles. The summed E-state index contributed by atoms with van der Waals surface area (Å²) in [4.78, 5) is 0. The van der Waals surface area contributed by atoms with Crippen LogP contribution in [0.25, 0.3) is 0 Å². The standard InChI is InChI=1S/C11H23N3O/c1-9-3-2-4-10(7-9)5-6-13-8-11(12)14-15/h9-10,13,15H,2-8H2,1H3,(H2,12,14). The Morgan fingerprint density at radius 1 is 1.53 bits per heavy atom. The molecule has 0 aromatic carbocycles. The Hall–Kier alpha value is -0.770. The van der Waals surface area contributed by atoms with E-state index in [0.717, 1.165) is 18.4 Å². The molecule has 0 heterocycles. The van der Waals surface area contributed by atoms with Crippen LogP contribution in [0.3, 0.4) is 0 Å². The molecule has 15 heavy (non-hydrogen) atoms. The number of nitrogens with two attached hydrogens (primary N) is 1. The highest BCUT2D eigenvalue weighted by Gasteiger charge is 2.17. The molecule has 1 saturated carbocycles. The normalized spacial score (nSPS) is 27.9. The molecule has 0 spiro atoms. The second kappa shape index (κ2) is 6.67. The summed E-state index contributed by atoms with van der Waals surface area (Å²) in [5, 5.41) is 14.4. The van der Waals surface area contributed by atoms with Crippen LogP contribution >= 0.6 is 0 Å². The summed E-state index contributed by atoms with van der Waals surface area (Å²) in [6, 6.07) is 0. The third-order valence-electron chi connectivity index (χ3n) is 3.21. The summed E-state index contributed by atoms with van der Waals surface area (Å²) in [6.45, 7) is 3.79. The minimum absolute atomic E-state index is 0.256. The Morgan fingerprint density at radius 2 is 2.33 bits per heavy atom. The average molecular weight is 213 g/mol.